The molecule has 3 aromatic rings. The minimum absolute atomic E-state index is 0.00419. The number of ether oxygens (including phenoxy) is 1. The van der Waals surface area contributed by atoms with Crippen molar-refractivity contribution in [3.05, 3.63) is 80.7 Å². The summed E-state index contributed by atoms with van der Waals surface area (Å²) in [5, 5.41) is 0. The topological polar surface area (TPSA) is 42.1 Å². The van der Waals surface area contributed by atoms with Gasteiger partial charge in [0.05, 0.1) is 4.47 Å². The van der Waals surface area contributed by atoms with Gasteiger partial charge in [0, 0.05) is 17.0 Å². The lowest BCUT2D eigenvalue weighted by atomic mass is 10.0. The highest BCUT2D eigenvalue weighted by molar-refractivity contribution is 9.10. The monoisotopic (exact) mass is 369 g/mol. The number of aromatic nitrogens is 1. The van der Waals surface area contributed by atoms with Gasteiger partial charge in [-0.1, -0.05) is 30.3 Å². The first-order chi connectivity index (χ1) is 11.1. The highest BCUT2D eigenvalue weighted by Crippen LogP contribution is 2.26. The van der Waals surface area contributed by atoms with Crippen molar-refractivity contribution in [2.45, 2.75) is 13.8 Å². The molecule has 0 radical (unpaired) electrons. The molecule has 0 fully saturated rings. The lowest BCUT2D eigenvalue weighted by Crippen LogP contribution is -2.11. The van der Waals surface area contributed by atoms with E-state index in [0.717, 1.165) is 28.5 Å². The third-order valence-electron chi connectivity index (χ3n) is 3.63. The Morgan fingerprint density at radius 2 is 1.48 bits per heavy atom. The van der Waals surface area contributed by atoms with Gasteiger partial charge in [-0.3, -0.25) is 4.79 Å². The van der Waals surface area contributed by atoms with Crippen LogP contribution in [0.3, 0.4) is 0 Å². The molecule has 0 unspecified atom stereocenters. The largest absolute Gasteiger partial charge is 0.457 e. The smallest absolute Gasteiger partial charge is 0.204 e. The molecule has 4 heteroatoms. The number of nitrogens with one attached hydrogen (secondary N) is 1. The summed E-state index contributed by atoms with van der Waals surface area (Å²) >= 11 is 3.35. The molecule has 0 aliphatic rings. The van der Waals surface area contributed by atoms with Crippen LogP contribution in [0.15, 0.2) is 63.9 Å². The molecule has 2 aromatic carbocycles. The van der Waals surface area contributed by atoms with Crippen molar-refractivity contribution in [3.8, 4) is 22.6 Å². The van der Waals surface area contributed by atoms with E-state index in [2.05, 4.69) is 20.9 Å². The van der Waals surface area contributed by atoms with Gasteiger partial charge in [-0.05, 0) is 59.6 Å². The van der Waals surface area contributed by atoms with Gasteiger partial charge in [0.25, 0.3) is 0 Å². The fourth-order valence-corrected chi connectivity index (χ4v) is 2.81. The van der Waals surface area contributed by atoms with Gasteiger partial charge in [-0.15, -0.1) is 0 Å². The second kappa shape index (κ2) is 6.42. The number of rotatable bonds is 3. The Kier molecular flexibility index (Phi) is 4.35. The average molecular weight is 370 g/mol. The van der Waals surface area contributed by atoms with Crippen molar-refractivity contribution in [3.63, 3.8) is 0 Å². The molecular formula is C19H16BrNO2. The predicted molar refractivity (Wildman–Crippen MR) is 96.2 cm³/mol. The number of hydrogen-bond donors (Lipinski definition) is 1. The van der Waals surface area contributed by atoms with E-state index in [4.69, 9.17) is 4.74 Å². The Labute approximate surface area is 143 Å². The van der Waals surface area contributed by atoms with Gasteiger partial charge >= 0.3 is 0 Å². The van der Waals surface area contributed by atoms with Gasteiger partial charge in [0.2, 0.25) is 5.43 Å². The Bertz CT molecular complexity index is 884. The number of para-hydroxylation sites is 1. The molecule has 1 aromatic heterocycles. The lowest BCUT2D eigenvalue weighted by molar-refractivity contribution is 0.483. The first-order valence-electron chi connectivity index (χ1n) is 7.28. The Balaban J connectivity index is 1.95. The van der Waals surface area contributed by atoms with Crippen LogP contribution in [-0.4, -0.2) is 4.98 Å². The van der Waals surface area contributed by atoms with E-state index in [0.29, 0.717) is 10.0 Å². The van der Waals surface area contributed by atoms with Gasteiger partial charge in [-0.25, -0.2) is 0 Å². The highest BCUT2D eigenvalue weighted by atomic mass is 79.9. The van der Waals surface area contributed by atoms with Crippen LogP contribution in [0.25, 0.3) is 11.1 Å². The zero-order valence-electron chi connectivity index (χ0n) is 12.9. The van der Waals surface area contributed by atoms with Gasteiger partial charge in [0.1, 0.15) is 11.5 Å². The summed E-state index contributed by atoms with van der Waals surface area (Å²) in [5.74, 6) is 1.52. The van der Waals surface area contributed by atoms with Crippen molar-refractivity contribution in [2.75, 3.05) is 0 Å². The van der Waals surface area contributed by atoms with Crippen LogP contribution in [0.4, 0.5) is 0 Å². The molecule has 0 aliphatic heterocycles. The predicted octanol–water partition coefficient (Wildman–Crippen LogP) is 5.21. The van der Waals surface area contributed by atoms with E-state index in [1.807, 2.05) is 68.4 Å². The van der Waals surface area contributed by atoms with Crippen molar-refractivity contribution in [1.29, 1.82) is 0 Å². The van der Waals surface area contributed by atoms with Gasteiger partial charge in [0.15, 0.2) is 0 Å². The van der Waals surface area contributed by atoms with Gasteiger partial charge in [-0.2, -0.15) is 0 Å². The van der Waals surface area contributed by atoms with E-state index in [-0.39, 0.29) is 5.43 Å². The minimum Gasteiger partial charge on any atom is -0.457 e. The summed E-state index contributed by atoms with van der Waals surface area (Å²) in [7, 11) is 0. The molecule has 0 spiro atoms. The maximum Gasteiger partial charge on any atom is 0.204 e. The fraction of sp³-hybridized carbons (Fsp3) is 0.105. The molecule has 0 saturated heterocycles. The first kappa shape index (κ1) is 15.6. The standard InChI is InChI=1S/C19H16BrNO2/c1-12-17(19(22)18(20)13(2)21-12)14-8-10-16(11-9-14)23-15-6-4-3-5-7-15/h3-11H,1-2H3,(H,21,22). The Morgan fingerprint density at radius 1 is 0.870 bits per heavy atom. The summed E-state index contributed by atoms with van der Waals surface area (Å²) < 4.78 is 6.35. The third-order valence-corrected chi connectivity index (χ3v) is 4.58. The maximum absolute atomic E-state index is 12.5. The molecule has 1 N–H and O–H groups in total. The van der Waals surface area contributed by atoms with E-state index in [1.165, 1.54) is 0 Å². The van der Waals surface area contributed by atoms with E-state index in [9.17, 15) is 4.79 Å². The van der Waals surface area contributed by atoms with E-state index < -0.39 is 0 Å². The Hall–Kier alpha value is -2.33. The Morgan fingerprint density at radius 3 is 2.13 bits per heavy atom. The van der Waals surface area contributed by atoms with E-state index >= 15 is 0 Å². The summed E-state index contributed by atoms with van der Waals surface area (Å²) in [6, 6.07) is 17.1. The molecule has 0 saturated carbocycles. The number of benzene rings is 2. The second-order valence-corrected chi connectivity index (χ2v) is 6.13. The maximum atomic E-state index is 12.5. The third kappa shape index (κ3) is 3.22. The molecule has 23 heavy (non-hydrogen) atoms. The first-order valence-corrected chi connectivity index (χ1v) is 8.08. The van der Waals surface area contributed by atoms with Crippen LogP contribution in [0.1, 0.15) is 11.4 Å². The zero-order chi connectivity index (χ0) is 16.4. The normalized spacial score (nSPS) is 10.6. The molecule has 0 bridgehead atoms. The van der Waals surface area contributed by atoms with Crippen LogP contribution in [-0.2, 0) is 0 Å². The molecule has 0 atom stereocenters. The molecule has 3 nitrogen and oxygen atoms in total. The summed E-state index contributed by atoms with van der Waals surface area (Å²) in [4.78, 5) is 15.7. The minimum atomic E-state index is -0.00419. The molecular weight excluding hydrogens is 354 g/mol. The van der Waals surface area contributed by atoms with Crippen LogP contribution in [0.5, 0.6) is 11.5 Å². The van der Waals surface area contributed by atoms with Crippen LogP contribution in [0, 0.1) is 13.8 Å². The summed E-state index contributed by atoms with van der Waals surface area (Å²) in [5.41, 5.74) is 3.22. The SMILES string of the molecule is Cc1[nH]c(C)c(-c2ccc(Oc3ccccc3)cc2)c(=O)c1Br. The fourth-order valence-electron chi connectivity index (χ4n) is 2.51. The molecule has 116 valence electrons. The number of halogens is 1. The molecule has 3 rings (SSSR count). The van der Waals surface area contributed by atoms with Crippen LogP contribution >= 0.6 is 15.9 Å². The number of H-pyrrole nitrogens is 1. The van der Waals surface area contributed by atoms with Crippen molar-refractivity contribution in [1.82, 2.24) is 4.98 Å². The number of hydrogen-bond acceptors (Lipinski definition) is 2. The molecule has 0 aliphatic carbocycles. The lowest BCUT2D eigenvalue weighted by Gasteiger charge is -2.10. The highest BCUT2D eigenvalue weighted by Gasteiger charge is 2.12. The van der Waals surface area contributed by atoms with Crippen molar-refractivity contribution >= 4 is 15.9 Å². The summed E-state index contributed by atoms with van der Waals surface area (Å²) in [6.07, 6.45) is 0. The van der Waals surface area contributed by atoms with E-state index in [1.54, 1.807) is 0 Å². The number of aromatic amines is 1. The number of pyridine rings is 1. The average Bonchev–Trinajstić information content (AvgIpc) is 2.55. The molecule has 0 amide bonds. The van der Waals surface area contributed by atoms with Crippen LogP contribution in [0.2, 0.25) is 0 Å². The number of aryl methyl sites for hydroxylation is 2. The van der Waals surface area contributed by atoms with Crippen molar-refractivity contribution < 1.29 is 4.74 Å². The quantitative estimate of drug-likeness (QED) is 0.687. The molecule has 1 heterocycles. The zero-order valence-corrected chi connectivity index (χ0v) is 14.5. The van der Waals surface area contributed by atoms with Gasteiger partial charge < -0.3 is 9.72 Å². The summed E-state index contributed by atoms with van der Waals surface area (Å²) in [6.45, 7) is 3.78. The van der Waals surface area contributed by atoms with Crippen LogP contribution < -0.4 is 10.2 Å². The van der Waals surface area contributed by atoms with Crippen molar-refractivity contribution in [2.24, 2.45) is 0 Å². The second-order valence-electron chi connectivity index (χ2n) is 5.33.